The van der Waals surface area contributed by atoms with Crippen LogP contribution in [0.3, 0.4) is 0 Å². The van der Waals surface area contributed by atoms with E-state index in [0.717, 1.165) is 30.7 Å². The molecule has 1 aromatic heterocycles. The molecule has 0 saturated heterocycles. The van der Waals surface area contributed by atoms with Crippen LogP contribution in [-0.2, 0) is 24.1 Å². The molecule has 3 N–H and O–H groups in total. The van der Waals surface area contributed by atoms with Gasteiger partial charge in [0.05, 0.1) is 34.6 Å². The highest BCUT2D eigenvalue weighted by molar-refractivity contribution is 6.33. The lowest BCUT2D eigenvalue weighted by atomic mass is 10.2. The van der Waals surface area contributed by atoms with Crippen LogP contribution in [0.5, 0.6) is 0 Å². The molecule has 1 aliphatic carbocycles. The van der Waals surface area contributed by atoms with Gasteiger partial charge in [0.15, 0.2) is 0 Å². The maximum absolute atomic E-state index is 12.2. The SMILES string of the molecule is CC(C)OC(=O)c1ccc(Cl)c(NC(=O)NCc2n[nH]c3c2CCC3)c1. The number of carbonyl (C=O) groups excluding carboxylic acids is 2. The fourth-order valence-electron chi connectivity index (χ4n) is 2.89. The van der Waals surface area contributed by atoms with Crippen LogP contribution in [0.4, 0.5) is 10.5 Å². The third-order valence-electron chi connectivity index (χ3n) is 4.10. The minimum atomic E-state index is -0.466. The van der Waals surface area contributed by atoms with E-state index in [2.05, 4.69) is 20.8 Å². The summed E-state index contributed by atoms with van der Waals surface area (Å²) < 4.78 is 5.15. The maximum Gasteiger partial charge on any atom is 0.338 e. The number of H-pyrrole nitrogens is 1. The summed E-state index contributed by atoms with van der Waals surface area (Å²) in [6, 6.07) is 4.19. The molecule has 0 bridgehead atoms. The van der Waals surface area contributed by atoms with Crippen molar-refractivity contribution in [1.82, 2.24) is 15.5 Å². The van der Waals surface area contributed by atoms with Crippen LogP contribution in [-0.4, -0.2) is 28.3 Å². The third kappa shape index (κ3) is 4.16. The molecule has 8 heteroatoms. The van der Waals surface area contributed by atoms with Gasteiger partial charge in [0.25, 0.3) is 0 Å². The molecule has 0 saturated carbocycles. The highest BCUT2D eigenvalue weighted by Gasteiger charge is 2.19. The number of rotatable bonds is 5. The zero-order chi connectivity index (χ0) is 18.7. The number of aromatic amines is 1. The van der Waals surface area contributed by atoms with Gasteiger partial charge in [0.1, 0.15) is 0 Å². The van der Waals surface area contributed by atoms with Crippen LogP contribution in [0.2, 0.25) is 5.02 Å². The number of halogens is 1. The summed E-state index contributed by atoms with van der Waals surface area (Å²) in [5.74, 6) is -0.466. The van der Waals surface area contributed by atoms with Gasteiger partial charge in [-0.05, 0) is 56.9 Å². The van der Waals surface area contributed by atoms with Crippen LogP contribution in [0.25, 0.3) is 0 Å². The number of urea groups is 1. The topological polar surface area (TPSA) is 96.1 Å². The second-order valence-corrected chi connectivity index (χ2v) is 6.84. The van der Waals surface area contributed by atoms with Crippen LogP contribution in [0.15, 0.2) is 18.2 Å². The number of aryl methyl sites for hydroxylation is 1. The molecule has 1 aliphatic rings. The molecule has 2 aromatic rings. The number of anilines is 1. The summed E-state index contributed by atoms with van der Waals surface area (Å²) in [5, 5.41) is 13.0. The molecule has 2 amide bonds. The number of aromatic nitrogens is 2. The molecular weight excluding hydrogens is 356 g/mol. The summed E-state index contributed by atoms with van der Waals surface area (Å²) in [5.41, 5.74) is 3.87. The average Bonchev–Trinajstić information content (AvgIpc) is 3.18. The molecule has 0 spiro atoms. The van der Waals surface area contributed by atoms with E-state index in [-0.39, 0.29) is 6.10 Å². The molecule has 3 rings (SSSR count). The predicted molar refractivity (Wildman–Crippen MR) is 98.5 cm³/mol. The number of hydrogen-bond acceptors (Lipinski definition) is 4. The van der Waals surface area contributed by atoms with E-state index < -0.39 is 12.0 Å². The van der Waals surface area contributed by atoms with Crippen molar-refractivity contribution in [2.75, 3.05) is 5.32 Å². The third-order valence-corrected chi connectivity index (χ3v) is 4.43. The number of ether oxygens (including phenoxy) is 1. The Morgan fingerprint density at radius 2 is 2.15 bits per heavy atom. The first-order valence-corrected chi connectivity index (χ1v) is 8.92. The van der Waals surface area contributed by atoms with Gasteiger partial charge >= 0.3 is 12.0 Å². The van der Waals surface area contributed by atoms with E-state index >= 15 is 0 Å². The lowest BCUT2D eigenvalue weighted by Crippen LogP contribution is -2.29. The van der Waals surface area contributed by atoms with Crippen LogP contribution in [0.1, 0.15) is 47.6 Å². The lowest BCUT2D eigenvalue weighted by molar-refractivity contribution is 0.0378. The van der Waals surface area contributed by atoms with Gasteiger partial charge < -0.3 is 15.4 Å². The number of carbonyl (C=O) groups is 2. The van der Waals surface area contributed by atoms with Crippen molar-refractivity contribution in [3.63, 3.8) is 0 Å². The summed E-state index contributed by atoms with van der Waals surface area (Å²) in [4.78, 5) is 24.2. The van der Waals surface area contributed by atoms with Gasteiger partial charge in [-0.15, -0.1) is 0 Å². The van der Waals surface area contributed by atoms with Crippen molar-refractivity contribution < 1.29 is 14.3 Å². The summed E-state index contributed by atoms with van der Waals surface area (Å²) >= 11 is 6.12. The Kier molecular flexibility index (Phi) is 5.46. The van der Waals surface area contributed by atoms with E-state index in [1.807, 2.05) is 0 Å². The van der Waals surface area contributed by atoms with E-state index in [0.29, 0.717) is 22.8 Å². The molecule has 26 heavy (non-hydrogen) atoms. The fraction of sp³-hybridized carbons (Fsp3) is 0.389. The van der Waals surface area contributed by atoms with Gasteiger partial charge in [-0.25, -0.2) is 9.59 Å². The number of esters is 1. The number of benzene rings is 1. The van der Waals surface area contributed by atoms with Crippen molar-refractivity contribution in [3.8, 4) is 0 Å². The molecule has 0 aliphatic heterocycles. The molecule has 0 unspecified atom stereocenters. The van der Waals surface area contributed by atoms with Crippen molar-refractivity contribution in [1.29, 1.82) is 0 Å². The van der Waals surface area contributed by atoms with E-state index in [1.54, 1.807) is 26.0 Å². The van der Waals surface area contributed by atoms with E-state index in [9.17, 15) is 9.59 Å². The molecule has 1 heterocycles. The number of fused-ring (bicyclic) bond motifs is 1. The Balaban J connectivity index is 1.62. The lowest BCUT2D eigenvalue weighted by Gasteiger charge is -2.12. The molecular formula is C18H21ClN4O3. The second kappa shape index (κ2) is 7.78. The first-order valence-electron chi connectivity index (χ1n) is 8.54. The smallest absolute Gasteiger partial charge is 0.338 e. The molecule has 0 radical (unpaired) electrons. The van der Waals surface area contributed by atoms with Crippen molar-refractivity contribution >= 4 is 29.3 Å². The van der Waals surface area contributed by atoms with Crippen molar-refractivity contribution in [3.05, 3.63) is 45.7 Å². The van der Waals surface area contributed by atoms with Gasteiger partial charge in [-0.3, -0.25) is 5.10 Å². The van der Waals surface area contributed by atoms with Crippen LogP contribution >= 0.6 is 11.6 Å². The van der Waals surface area contributed by atoms with Gasteiger partial charge in [0.2, 0.25) is 0 Å². The Morgan fingerprint density at radius 1 is 1.35 bits per heavy atom. The summed E-state index contributed by atoms with van der Waals surface area (Å²) in [6.45, 7) is 3.86. The second-order valence-electron chi connectivity index (χ2n) is 6.44. The summed E-state index contributed by atoms with van der Waals surface area (Å²) in [6.07, 6.45) is 2.87. The first-order chi connectivity index (χ1) is 12.4. The minimum Gasteiger partial charge on any atom is -0.459 e. The Morgan fingerprint density at radius 3 is 2.92 bits per heavy atom. The molecule has 0 fully saturated rings. The largest absolute Gasteiger partial charge is 0.459 e. The number of amides is 2. The Bertz CT molecular complexity index is 832. The normalized spacial score (nSPS) is 12.8. The van der Waals surface area contributed by atoms with Gasteiger partial charge in [-0.2, -0.15) is 5.10 Å². The van der Waals surface area contributed by atoms with Gasteiger partial charge in [-0.1, -0.05) is 11.6 Å². The Labute approximate surface area is 156 Å². The predicted octanol–water partition coefficient (Wildman–Crippen LogP) is 3.44. The first kappa shape index (κ1) is 18.3. The molecule has 0 atom stereocenters. The van der Waals surface area contributed by atoms with Crippen molar-refractivity contribution in [2.24, 2.45) is 0 Å². The minimum absolute atomic E-state index is 0.228. The molecule has 138 valence electrons. The highest BCUT2D eigenvalue weighted by Crippen LogP contribution is 2.24. The number of hydrogen-bond donors (Lipinski definition) is 3. The zero-order valence-corrected chi connectivity index (χ0v) is 15.4. The zero-order valence-electron chi connectivity index (χ0n) is 14.7. The van der Waals surface area contributed by atoms with Crippen molar-refractivity contribution in [2.45, 2.75) is 45.8 Å². The fourth-order valence-corrected chi connectivity index (χ4v) is 3.06. The van der Waals surface area contributed by atoms with Crippen LogP contribution in [0, 0.1) is 0 Å². The maximum atomic E-state index is 12.2. The summed E-state index contributed by atoms with van der Waals surface area (Å²) in [7, 11) is 0. The Hall–Kier alpha value is -2.54. The number of nitrogens with one attached hydrogen (secondary N) is 3. The van der Waals surface area contributed by atoms with Crippen LogP contribution < -0.4 is 10.6 Å². The number of nitrogens with zero attached hydrogens (tertiary/aromatic N) is 1. The molecule has 7 nitrogen and oxygen atoms in total. The van der Waals surface area contributed by atoms with E-state index in [1.165, 1.54) is 11.6 Å². The van der Waals surface area contributed by atoms with E-state index in [4.69, 9.17) is 16.3 Å². The molecule has 1 aromatic carbocycles. The quantitative estimate of drug-likeness (QED) is 0.696. The van der Waals surface area contributed by atoms with Gasteiger partial charge in [0, 0.05) is 5.69 Å². The average molecular weight is 377 g/mol. The highest BCUT2D eigenvalue weighted by atomic mass is 35.5. The monoisotopic (exact) mass is 376 g/mol. The standard InChI is InChI=1S/C18H21ClN4O3/c1-10(2)26-17(24)11-6-7-13(19)15(8-11)21-18(25)20-9-16-12-4-3-5-14(12)22-23-16/h6-8,10H,3-5,9H2,1-2H3,(H,22,23)(H2,20,21,25).